The number of hydrogen-bond acceptors (Lipinski definition) is 3. The maximum absolute atomic E-state index is 13.4. The van der Waals surface area contributed by atoms with Gasteiger partial charge in [0.05, 0.1) is 0 Å². The Kier molecular flexibility index (Phi) is 5.69. The van der Waals surface area contributed by atoms with Crippen LogP contribution in [0.1, 0.15) is 74.8 Å². The molecule has 0 saturated carbocycles. The summed E-state index contributed by atoms with van der Waals surface area (Å²) in [6.45, 7) is 3.82. The summed E-state index contributed by atoms with van der Waals surface area (Å²) in [7, 11) is 0. The molecule has 3 aromatic rings. The van der Waals surface area contributed by atoms with Crippen molar-refractivity contribution in [2.45, 2.75) is 39.0 Å². The zero-order valence-electron chi connectivity index (χ0n) is 17.9. The third kappa shape index (κ3) is 3.65. The topological polar surface area (TPSA) is 51.2 Å². The molecule has 1 atom stereocenters. The Morgan fingerprint density at radius 1 is 0.806 bits per heavy atom. The highest BCUT2D eigenvalue weighted by Crippen LogP contribution is 2.48. The fourth-order valence-electron chi connectivity index (χ4n) is 4.65. The van der Waals surface area contributed by atoms with E-state index in [4.69, 9.17) is 0 Å². The molecule has 0 fully saturated rings. The molecule has 156 valence electrons. The van der Waals surface area contributed by atoms with Crippen LogP contribution >= 0.6 is 0 Å². The van der Waals surface area contributed by atoms with Gasteiger partial charge in [0.2, 0.25) is 0 Å². The fourth-order valence-corrected chi connectivity index (χ4v) is 4.65. The highest BCUT2D eigenvalue weighted by atomic mass is 16.2. The molecular formula is C28H26O3. The second-order valence-electron chi connectivity index (χ2n) is 8.44. The summed E-state index contributed by atoms with van der Waals surface area (Å²) in [5.74, 6) is -1.00. The van der Waals surface area contributed by atoms with Gasteiger partial charge in [-0.3, -0.25) is 14.4 Å². The van der Waals surface area contributed by atoms with Crippen LogP contribution in [0.2, 0.25) is 0 Å². The van der Waals surface area contributed by atoms with Crippen LogP contribution in [0, 0.1) is 5.41 Å². The van der Waals surface area contributed by atoms with Gasteiger partial charge in [-0.15, -0.1) is 0 Å². The number of aryl methyl sites for hydroxylation is 1. The van der Waals surface area contributed by atoms with Gasteiger partial charge in [-0.2, -0.15) is 0 Å². The lowest BCUT2D eigenvalue weighted by molar-refractivity contribution is 0.0665. The van der Waals surface area contributed by atoms with Crippen molar-refractivity contribution in [3.05, 3.63) is 107 Å². The van der Waals surface area contributed by atoms with E-state index in [0.29, 0.717) is 16.7 Å². The monoisotopic (exact) mass is 410 g/mol. The van der Waals surface area contributed by atoms with Crippen LogP contribution in [0.25, 0.3) is 0 Å². The van der Waals surface area contributed by atoms with Gasteiger partial charge in [-0.05, 0) is 24.5 Å². The van der Waals surface area contributed by atoms with Crippen LogP contribution in [-0.2, 0) is 6.42 Å². The van der Waals surface area contributed by atoms with Crippen LogP contribution in [0.4, 0.5) is 0 Å². The number of fused-ring (bicyclic) bond motifs is 1. The number of hydrogen-bond donors (Lipinski definition) is 0. The number of rotatable bonds is 7. The lowest BCUT2D eigenvalue weighted by atomic mass is 9.67. The van der Waals surface area contributed by atoms with Crippen LogP contribution in [0.3, 0.4) is 0 Å². The first-order valence-corrected chi connectivity index (χ1v) is 10.8. The molecule has 0 saturated heterocycles. The van der Waals surface area contributed by atoms with Crippen molar-refractivity contribution in [2.75, 3.05) is 0 Å². The summed E-state index contributed by atoms with van der Waals surface area (Å²) in [4.78, 5) is 40.2. The van der Waals surface area contributed by atoms with E-state index in [1.54, 1.807) is 31.2 Å². The molecule has 0 aromatic heterocycles. The zero-order valence-corrected chi connectivity index (χ0v) is 17.9. The molecule has 4 rings (SSSR count). The van der Waals surface area contributed by atoms with Gasteiger partial charge in [0.1, 0.15) is 5.41 Å². The number of carbonyl (C=O) groups excluding carboxylic acids is 3. The minimum absolute atomic E-state index is 0.0605. The number of carbonyl (C=O) groups is 3. The van der Waals surface area contributed by atoms with Gasteiger partial charge in [0, 0.05) is 29.0 Å². The molecule has 0 N–H and O–H groups in total. The number of ketones is 3. The molecule has 0 radical (unpaired) electrons. The van der Waals surface area contributed by atoms with Crippen molar-refractivity contribution in [1.29, 1.82) is 0 Å². The van der Waals surface area contributed by atoms with Crippen LogP contribution in [-0.4, -0.2) is 17.3 Å². The Labute approximate surface area is 183 Å². The van der Waals surface area contributed by atoms with Gasteiger partial charge >= 0.3 is 0 Å². The zero-order chi connectivity index (χ0) is 22.0. The predicted octanol–water partition coefficient (Wildman–Crippen LogP) is 6.08. The van der Waals surface area contributed by atoms with Gasteiger partial charge in [-0.1, -0.05) is 92.2 Å². The molecule has 1 aliphatic carbocycles. The lowest BCUT2D eigenvalue weighted by Gasteiger charge is -2.31. The van der Waals surface area contributed by atoms with E-state index in [2.05, 4.69) is 6.92 Å². The van der Waals surface area contributed by atoms with Crippen molar-refractivity contribution in [3.8, 4) is 0 Å². The molecule has 0 spiro atoms. The molecule has 31 heavy (non-hydrogen) atoms. The maximum Gasteiger partial charge on any atom is 0.177 e. The molecule has 0 heterocycles. The molecular weight excluding hydrogens is 384 g/mol. The van der Waals surface area contributed by atoms with Crippen molar-refractivity contribution in [1.82, 2.24) is 0 Å². The van der Waals surface area contributed by atoms with E-state index in [9.17, 15) is 14.4 Å². The molecule has 1 unspecified atom stereocenters. The standard InChI is InChI=1S/C28H26O3/c1-3-9-19-14-16-21(17-15-19)25(29)18-24(20-10-5-4-6-11-20)28(2)26(30)22-12-7-8-13-23(22)27(28)31/h4-8,10-17,24H,3,9,18H2,1-2H3. The molecule has 3 heteroatoms. The minimum Gasteiger partial charge on any atom is -0.294 e. The molecule has 0 amide bonds. The summed E-state index contributed by atoms with van der Waals surface area (Å²) in [6, 6.07) is 24.1. The second kappa shape index (κ2) is 8.43. The van der Waals surface area contributed by atoms with Crippen LogP contribution in [0.5, 0.6) is 0 Å². The number of Topliss-reactive ketones (excluding diaryl/α,β-unsaturated/α-hetero) is 3. The SMILES string of the molecule is CCCc1ccc(C(=O)CC(c2ccccc2)C2(C)C(=O)c3ccccc3C2=O)cc1. The van der Waals surface area contributed by atoms with Gasteiger partial charge in [0.25, 0.3) is 0 Å². The van der Waals surface area contributed by atoms with E-state index in [1.807, 2.05) is 54.6 Å². The van der Waals surface area contributed by atoms with Crippen molar-refractivity contribution < 1.29 is 14.4 Å². The summed E-state index contributed by atoms with van der Waals surface area (Å²) in [5.41, 5.74) is 2.24. The van der Waals surface area contributed by atoms with E-state index in [1.165, 1.54) is 5.56 Å². The minimum atomic E-state index is -1.30. The fraction of sp³-hybridized carbons (Fsp3) is 0.250. The van der Waals surface area contributed by atoms with Crippen molar-refractivity contribution >= 4 is 17.3 Å². The summed E-state index contributed by atoms with van der Waals surface area (Å²) in [5, 5.41) is 0. The highest BCUT2D eigenvalue weighted by Gasteiger charge is 2.54. The first kappa shape index (κ1) is 20.9. The first-order chi connectivity index (χ1) is 15.0. The quantitative estimate of drug-likeness (QED) is 0.350. The van der Waals surface area contributed by atoms with E-state index >= 15 is 0 Å². The predicted molar refractivity (Wildman–Crippen MR) is 122 cm³/mol. The lowest BCUT2D eigenvalue weighted by Crippen LogP contribution is -2.38. The molecule has 0 aliphatic heterocycles. The maximum atomic E-state index is 13.4. The van der Waals surface area contributed by atoms with Gasteiger partial charge in [-0.25, -0.2) is 0 Å². The Bertz CT molecular complexity index is 1090. The van der Waals surface area contributed by atoms with Gasteiger partial charge < -0.3 is 0 Å². The Morgan fingerprint density at radius 2 is 1.35 bits per heavy atom. The third-order valence-corrected chi connectivity index (χ3v) is 6.46. The molecule has 1 aliphatic rings. The summed E-state index contributed by atoms with van der Waals surface area (Å²) < 4.78 is 0. The van der Waals surface area contributed by atoms with Crippen LogP contribution < -0.4 is 0 Å². The van der Waals surface area contributed by atoms with Crippen LogP contribution in [0.15, 0.2) is 78.9 Å². The molecule has 3 aromatic carbocycles. The summed E-state index contributed by atoms with van der Waals surface area (Å²) in [6.07, 6.45) is 2.12. The molecule has 0 bridgehead atoms. The smallest absolute Gasteiger partial charge is 0.177 e. The average Bonchev–Trinajstić information content (AvgIpc) is 3.00. The van der Waals surface area contributed by atoms with E-state index < -0.39 is 11.3 Å². The number of benzene rings is 3. The Hall–Kier alpha value is -3.33. The summed E-state index contributed by atoms with van der Waals surface area (Å²) >= 11 is 0. The van der Waals surface area contributed by atoms with Crippen molar-refractivity contribution in [3.63, 3.8) is 0 Å². The first-order valence-electron chi connectivity index (χ1n) is 10.8. The average molecular weight is 411 g/mol. The Balaban J connectivity index is 1.72. The van der Waals surface area contributed by atoms with E-state index in [0.717, 1.165) is 18.4 Å². The molecule has 3 nitrogen and oxygen atoms in total. The Morgan fingerprint density at radius 3 is 1.90 bits per heavy atom. The van der Waals surface area contributed by atoms with Crippen molar-refractivity contribution in [2.24, 2.45) is 5.41 Å². The van der Waals surface area contributed by atoms with E-state index in [-0.39, 0.29) is 23.8 Å². The van der Waals surface area contributed by atoms with Gasteiger partial charge in [0.15, 0.2) is 17.3 Å². The third-order valence-electron chi connectivity index (χ3n) is 6.46. The largest absolute Gasteiger partial charge is 0.294 e. The second-order valence-corrected chi connectivity index (χ2v) is 8.44. The normalized spacial score (nSPS) is 15.5. The highest BCUT2D eigenvalue weighted by molar-refractivity contribution is 6.30.